The lowest BCUT2D eigenvalue weighted by molar-refractivity contribution is 0.0390. The van der Waals surface area contributed by atoms with Crippen LogP contribution in [0.3, 0.4) is 0 Å². The molecule has 2 heterocycles. The summed E-state index contributed by atoms with van der Waals surface area (Å²) >= 11 is 0. The molecule has 1 saturated heterocycles. The molecule has 0 atom stereocenters. The normalized spacial score (nSPS) is 17.6. The lowest BCUT2D eigenvalue weighted by Crippen LogP contribution is -2.37. The highest BCUT2D eigenvalue weighted by Gasteiger charge is 2.32. The van der Waals surface area contributed by atoms with E-state index in [0.29, 0.717) is 24.3 Å². The topological polar surface area (TPSA) is 55.8 Å². The minimum Gasteiger partial charge on any atom is -0.386 e. The van der Waals surface area contributed by atoms with Crippen molar-refractivity contribution in [2.75, 3.05) is 31.2 Å². The number of esters is 2. The van der Waals surface area contributed by atoms with E-state index in [4.69, 9.17) is 9.47 Å². The highest BCUT2D eigenvalue weighted by molar-refractivity contribution is 6.23. The van der Waals surface area contributed by atoms with Gasteiger partial charge in [-0.05, 0) is 31.0 Å². The zero-order valence-electron chi connectivity index (χ0n) is 13.1. The summed E-state index contributed by atoms with van der Waals surface area (Å²) in [5.74, 6) is -1.11. The van der Waals surface area contributed by atoms with Gasteiger partial charge in [-0.3, -0.25) is 0 Å². The summed E-state index contributed by atoms with van der Waals surface area (Å²) in [4.78, 5) is 26.6. The quantitative estimate of drug-likeness (QED) is 0.598. The smallest absolute Gasteiger partial charge is 0.346 e. The second-order valence-electron chi connectivity index (χ2n) is 5.98. The third-order valence-electron chi connectivity index (χ3n) is 4.80. The maximum atomic E-state index is 12.3. The third kappa shape index (κ3) is 1.96. The number of hydrogen-bond acceptors (Lipinski definition) is 5. The van der Waals surface area contributed by atoms with Gasteiger partial charge in [-0.25, -0.2) is 9.59 Å². The lowest BCUT2D eigenvalue weighted by atomic mass is 9.89. The van der Waals surface area contributed by atoms with E-state index >= 15 is 0 Å². The van der Waals surface area contributed by atoms with Gasteiger partial charge >= 0.3 is 11.9 Å². The molecule has 0 spiro atoms. The maximum absolute atomic E-state index is 12.3. The number of carbonyl (C=O) groups excluding carboxylic acids is 2. The van der Waals surface area contributed by atoms with Crippen molar-refractivity contribution >= 4 is 28.4 Å². The summed E-state index contributed by atoms with van der Waals surface area (Å²) in [6, 6.07) is 5.54. The Morgan fingerprint density at radius 1 is 1.00 bits per heavy atom. The molecule has 0 N–H and O–H groups in total. The van der Waals surface area contributed by atoms with Crippen LogP contribution in [0.25, 0.3) is 10.8 Å². The molecule has 4 rings (SSSR count). The molecule has 5 nitrogen and oxygen atoms in total. The number of hydrogen-bond donors (Lipinski definition) is 0. The molecule has 2 aliphatic heterocycles. The standard InChI is InChI=1S/C18H17NO4/c1-10-11(2)16(19-6-8-22-9-7-19)12-4-3-5-13-15(12)14(10)18(21)23-17(13)20/h3-5H,6-9H2,1-2H3. The predicted octanol–water partition coefficient (Wildman–Crippen LogP) is 2.60. The first-order chi connectivity index (χ1) is 11.1. The molecule has 0 unspecified atom stereocenters. The SMILES string of the molecule is Cc1c(C)c2c3c(cccc3c1N1CCOCC1)C(=O)OC2=O. The van der Waals surface area contributed by atoms with Gasteiger partial charge in [-0.2, -0.15) is 0 Å². The van der Waals surface area contributed by atoms with E-state index in [0.717, 1.165) is 40.7 Å². The number of morpholine rings is 1. The van der Waals surface area contributed by atoms with Gasteiger partial charge in [0.25, 0.3) is 0 Å². The fraction of sp³-hybridized carbons (Fsp3) is 0.333. The zero-order chi connectivity index (χ0) is 16.1. The largest absolute Gasteiger partial charge is 0.386 e. The lowest BCUT2D eigenvalue weighted by Gasteiger charge is -2.33. The van der Waals surface area contributed by atoms with Crippen molar-refractivity contribution < 1.29 is 19.1 Å². The first-order valence-corrected chi connectivity index (χ1v) is 7.74. The van der Waals surface area contributed by atoms with E-state index in [1.165, 1.54) is 0 Å². The molecule has 5 heteroatoms. The van der Waals surface area contributed by atoms with E-state index in [1.54, 1.807) is 6.07 Å². The molecule has 2 aliphatic rings. The van der Waals surface area contributed by atoms with Crippen LogP contribution in [-0.2, 0) is 9.47 Å². The highest BCUT2D eigenvalue weighted by atomic mass is 16.6. The monoisotopic (exact) mass is 311 g/mol. The minimum absolute atomic E-state index is 0.467. The maximum Gasteiger partial charge on any atom is 0.346 e. The van der Waals surface area contributed by atoms with Gasteiger partial charge in [-0.1, -0.05) is 12.1 Å². The van der Waals surface area contributed by atoms with Gasteiger partial charge in [-0.15, -0.1) is 0 Å². The Labute approximate surface area is 133 Å². The number of carbonyl (C=O) groups is 2. The van der Waals surface area contributed by atoms with Crippen LogP contribution in [0.15, 0.2) is 18.2 Å². The average molecular weight is 311 g/mol. The Morgan fingerprint density at radius 2 is 1.74 bits per heavy atom. The highest BCUT2D eigenvalue weighted by Crippen LogP contribution is 2.40. The number of cyclic esters (lactones) is 2. The van der Waals surface area contributed by atoms with Gasteiger partial charge in [0.15, 0.2) is 0 Å². The number of ether oxygens (including phenoxy) is 2. The van der Waals surface area contributed by atoms with Crippen molar-refractivity contribution in [2.24, 2.45) is 0 Å². The molecule has 2 aromatic rings. The van der Waals surface area contributed by atoms with Gasteiger partial charge in [0, 0.05) is 29.5 Å². The van der Waals surface area contributed by atoms with Crippen LogP contribution in [0, 0.1) is 13.8 Å². The number of anilines is 1. The van der Waals surface area contributed by atoms with Crippen LogP contribution in [0.4, 0.5) is 5.69 Å². The third-order valence-corrected chi connectivity index (χ3v) is 4.80. The summed E-state index contributed by atoms with van der Waals surface area (Å²) in [5.41, 5.74) is 4.01. The molecule has 23 heavy (non-hydrogen) atoms. The fourth-order valence-electron chi connectivity index (χ4n) is 3.58. The Balaban J connectivity index is 2.10. The number of nitrogens with zero attached hydrogens (tertiary/aromatic N) is 1. The van der Waals surface area contributed by atoms with Crippen molar-refractivity contribution in [1.29, 1.82) is 0 Å². The van der Waals surface area contributed by atoms with Gasteiger partial charge in [0.2, 0.25) is 0 Å². The van der Waals surface area contributed by atoms with Crippen LogP contribution in [-0.4, -0.2) is 38.2 Å². The molecular formula is C18H17NO4. The molecule has 0 amide bonds. The van der Waals surface area contributed by atoms with Crippen LogP contribution in [0.1, 0.15) is 31.8 Å². The van der Waals surface area contributed by atoms with Crippen molar-refractivity contribution in [1.82, 2.24) is 0 Å². The van der Waals surface area contributed by atoms with Crippen molar-refractivity contribution in [3.05, 3.63) is 40.5 Å². The van der Waals surface area contributed by atoms with Crippen LogP contribution >= 0.6 is 0 Å². The van der Waals surface area contributed by atoms with Crippen molar-refractivity contribution in [3.63, 3.8) is 0 Å². The molecule has 118 valence electrons. The van der Waals surface area contributed by atoms with E-state index < -0.39 is 11.9 Å². The Bertz CT molecular complexity index is 850. The first-order valence-electron chi connectivity index (χ1n) is 7.74. The van der Waals surface area contributed by atoms with Crippen LogP contribution < -0.4 is 4.90 Å². The molecule has 1 fully saturated rings. The molecular weight excluding hydrogens is 294 g/mol. The van der Waals surface area contributed by atoms with Gasteiger partial charge in [0.05, 0.1) is 24.3 Å². The first kappa shape index (κ1) is 14.2. The van der Waals surface area contributed by atoms with Gasteiger partial charge in [0.1, 0.15) is 0 Å². The zero-order valence-corrected chi connectivity index (χ0v) is 13.1. The molecule has 0 aliphatic carbocycles. The molecule has 2 aromatic carbocycles. The number of benzene rings is 2. The molecule has 0 aromatic heterocycles. The summed E-state index contributed by atoms with van der Waals surface area (Å²) in [6.07, 6.45) is 0. The average Bonchev–Trinajstić information content (AvgIpc) is 2.55. The Kier molecular flexibility index (Phi) is 3.13. The second-order valence-corrected chi connectivity index (χ2v) is 5.98. The Morgan fingerprint density at radius 3 is 2.48 bits per heavy atom. The van der Waals surface area contributed by atoms with Crippen molar-refractivity contribution in [3.8, 4) is 0 Å². The summed E-state index contributed by atoms with van der Waals surface area (Å²) in [7, 11) is 0. The summed E-state index contributed by atoms with van der Waals surface area (Å²) in [6.45, 7) is 6.91. The van der Waals surface area contributed by atoms with E-state index in [2.05, 4.69) is 4.90 Å². The van der Waals surface area contributed by atoms with E-state index in [1.807, 2.05) is 26.0 Å². The van der Waals surface area contributed by atoms with Gasteiger partial charge < -0.3 is 14.4 Å². The minimum atomic E-state index is -0.565. The van der Waals surface area contributed by atoms with Crippen LogP contribution in [0.2, 0.25) is 0 Å². The van der Waals surface area contributed by atoms with E-state index in [9.17, 15) is 9.59 Å². The number of rotatable bonds is 1. The van der Waals surface area contributed by atoms with E-state index in [-0.39, 0.29) is 0 Å². The van der Waals surface area contributed by atoms with Crippen molar-refractivity contribution in [2.45, 2.75) is 13.8 Å². The fourth-order valence-corrected chi connectivity index (χ4v) is 3.58. The molecule has 0 radical (unpaired) electrons. The predicted molar refractivity (Wildman–Crippen MR) is 86.2 cm³/mol. The summed E-state index contributed by atoms with van der Waals surface area (Å²) < 4.78 is 10.4. The second kappa shape index (κ2) is 5.06. The summed E-state index contributed by atoms with van der Waals surface area (Å²) in [5, 5.41) is 1.66. The Hall–Kier alpha value is -2.40. The van der Waals surface area contributed by atoms with Crippen LogP contribution in [0.5, 0.6) is 0 Å². The molecule has 0 bridgehead atoms. The molecule has 0 saturated carbocycles.